The molecule has 0 saturated heterocycles. The fourth-order valence-corrected chi connectivity index (χ4v) is 5.72. The summed E-state index contributed by atoms with van der Waals surface area (Å²) in [7, 11) is -3.58. The average molecular weight is 479 g/mol. The lowest BCUT2D eigenvalue weighted by atomic mass is 10.1. The van der Waals surface area contributed by atoms with Gasteiger partial charge in [-0.05, 0) is 74.7 Å². The zero-order chi connectivity index (χ0) is 23.3. The first-order valence-electron chi connectivity index (χ1n) is 10.5. The summed E-state index contributed by atoms with van der Waals surface area (Å²) in [6.45, 7) is 7.70. The number of hydrogen-bond donors (Lipinski definition) is 0. The van der Waals surface area contributed by atoms with E-state index in [9.17, 15) is 17.6 Å². The van der Waals surface area contributed by atoms with Gasteiger partial charge in [0.05, 0.1) is 27.5 Å². The molecule has 172 valence electrons. The van der Waals surface area contributed by atoms with Crippen LogP contribution in [0.5, 0.6) is 0 Å². The molecule has 1 amide bonds. The van der Waals surface area contributed by atoms with Crippen molar-refractivity contribution >= 4 is 37.3 Å². The van der Waals surface area contributed by atoms with E-state index in [1.54, 1.807) is 0 Å². The van der Waals surface area contributed by atoms with E-state index in [4.69, 9.17) is 4.74 Å². The van der Waals surface area contributed by atoms with Gasteiger partial charge in [0.25, 0.3) is 0 Å². The molecule has 32 heavy (non-hydrogen) atoms. The fourth-order valence-electron chi connectivity index (χ4n) is 3.26. The number of amides is 1. The van der Waals surface area contributed by atoms with Gasteiger partial charge in [0, 0.05) is 19.6 Å². The Morgan fingerprint density at radius 2 is 1.84 bits per heavy atom. The second-order valence-corrected chi connectivity index (χ2v) is 10.6. The van der Waals surface area contributed by atoms with Crippen LogP contribution in [0.3, 0.4) is 0 Å². The van der Waals surface area contributed by atoms with Gasteiger partial charge in [0.1, 0.15) is 5.82 Å². The fraction of sp³-hybridized carbons (Fsp3) is 0.391. The lowest BCUT2D eigenvalue weighted by Gasteiger charge is -2.07. The SMILES string of the molecule is CCOCCn1c(=NC(=O)CCCS(=O)(=O)c2ccc(F)cc2)sc2cc(C)c(C)cc21. The van der Waals surface area contributed by atoms with Gasteiger partial charge in [-0.1, -0.05) is 11.3 Å². The van der Waals surface area contributed by atoms with E-state index >= 15 is 0 Å². The number of aromatic nitrogens is 1. The van der Waals surface area contributed by atoms with Gasteiger partial charge in [-0.15, -0.1) is 0 Å². The van der Waals surface area contributed by atoms with Crippen LogP contribution in [0.15, 0.2) is 46.3 Å². The summed E-state index contributed by atoms with van der Waals surface area (Å²) in [5, 5.41) is 0. The molecule has 0 atom stereocenters. The van der Waals surface area contributed by atoms with Crippen LogP contribution in [0.4, 0.5) is 4.39 Å². The maximum Gasteiger partial charge on any atom is 0.248 e. The lowest BCUT2D eigenvalue weighted by molar-refractivity contribution is -0.118. The number of halogens is 1. The predicted molar refractivity (Wildman–Crippen MR) is 124 cm³/mol. The predicted octanol–water partition coefficient (Wildman–Crippen LogP) is 4.18. The molecule has 0 unspecified atom stereocenters. The van der Waals surface area contributed by atoms with Crippen molar-refractivity contribution in [2.75, 3.05) is 19.0 Å². The monoisotopic (exact) mass is 478 g/mol. The van der Waals surface area contributed by atoms with Crippen molar-refractivity contribution in [2.24, 2.45) is 4.99 Å². The molecule has 6 nitrogen and oxygen atoms in total. The molecule has 1 aromatic heterocycles. The van der Waals surface area contributed by atoms with E-state index in [0.717, 1.165) is 27.9 Å². The number of ether oxygens (including phenoxy) is 1. The molecule has 0 spiro atoms. The molecule has 3 rings (SSSR count). The van der Waals surface area contributed by atoms with Crippen molar-refractivity contribution in [3.63, 3.8) is 0 Å². The van der Waals surface area contributed by atoms with Crippen molar-refractivity contribution < 1.29 is 22.3 Å². The summed E-state index contributed by atoms with van der Waals surface area (Å²) in [6.07, 6.45) is 0.155. The van der Waals surface area contributed by atoms with Crippen molar-refractivity contribution in [3.8, 4) is 0 Å². The van der Waals surface area contributed by atoms with E-state index in [0.29, 0.717) is 24.6 Å². The molecule has 0 aliphatic rings. The number of sulfone groups is 1. The van der Waals surface area contributed by atoms with Gasteiger partial charge in [0.15, 0.2) is 14.6 Å². The van der Waals surface area contributed by atoms with Crippen molar-refractivity contribution in [2.45, 2.75) is 45.1 Å². The second kappa shape index (κ2) is 10.5. The lowest BCUT2D eigenvalue weighted by Crippen LogP contribution is -2.20. The normalized spacial score (nSPS) is 12.6. The van der Waals surface area contributed by atoms with Gasteiger partial charge in [-0.25, -0.2) is 12.8 Å². The van der Waals surface area contributed by atoms with Crippen molar-refractivity contribution in [3.05, 3.63) is 58.1 Å². The number of rotatable bonds is 9. The Balaban J connectivity index is 1.77. The summed E-state index contributed by atoms with van der Waals surface area (Å²) < 4.78 is 46.3. The first kappa shape index (κ1) is 24.3. The molecule has 0 aliphatic carbocycles. The Bertz CT molecular complexity index is 1280. The third-order valence-corrected chi connectivity index (χ3v) is 8.02. The number of aryl methyl sites for hydroxylation is 2. The van der Waals surface area contributed by atoms with Crippen LogP contribution >= 0.6 is 11.3 Å². The molecule has 0 aliphatic heterocycles. The van der Waals surface area contributed by atoms with E-state index < -0.39 is 15.7 Å². The van der Waals surface area contributed by atoms with Gasteiger partial charge in [-0.3, -0.25) is 4.79 Å². The molecular formula is C23H27FN2O4S2. The average Bonchev–Trinajstić information content (AvgIpc) is 3.04. The van der Waals surface area contributed by atoms with Gasteiger partial charge >= 0.3 is 0 Å². The quantitative estimate of drug-likeness (QED) is 0.342. The Labute approximate surface area is 191 Å². The van der Waals surface area contributed by atoms with Crippen LogP contribution in [0.2, 0.25) is 0 Å². The van der Waals surface area contributed by atoms with Crippen molar-refractivity contribution in [1.29, 1.82) is 0 Å². The molecule has 2 aromatic carbocycles. The van der Waals surface area contributed by atoms with Gasteiger partial charge in [-0.2, -0.15) is 4.99 Å². The number of fused-ring (bicyclic) bond motifs is 1. The minimum Gasteiger partial charge on any atom is -0.380 e. The third kappa shape index (κ3) is 5.90. The van der Waals surface area contributed by atoms with Crippen molar-refractivity contribution in [1.82, 2.24) is 4.57 Å². The van der Waals surface area contributed by atoms with Gasteiger partial charge < -0.3 is 9.30 Å². The minimum atomic E-state index is -3.58. The highest BCUT2D eigenvalue weighted by atomic mass is 32.2. The highest BCUT2D eigenvalue weighted by molar-refractivity contribution is 7.91. The molecule has 0 bridgehead atoms. The third-order valence-electron chi connectivity index (χ3n) is 5.16. The Kier molecular flexibility index (Phi) is 7.97. The number of carbonyl (C=O) groups is 1. The molecule has 0 N–H and O–H groups in total. The number of nitrogens with zero attached hydrogens (tertiary/aromatic N) is 2. The Hall–Kier alpha value is -2.36. The number of hydrogen-bond acceptors (Lipinski definition) is 5. The molecule has 0 fully saturated rings. The zero-order valence-electron chi connectivity index (χ0n) is 18.4. The Morgan fingerprint density at radius 3 is 2.53 bits per heavy atom. The van der Waals surface area contributed by atoms with Crippen LogP contribution in [0.25, 0.3) is 10.2 Å². The first-order chi connectivity index (χ1) is 15.2. The van der Waals surface area contributed by atoms with E-state index in [1.165, 1.54) is 29.0 Å². The molecule has 9 heteroatoms. The van der Waals surface area contributed by atoms with Crippen LogP contribution in [0, 0.1) is 19.7 Å². The van der Waals surface area contributed by atoms with E-state index in [2.05, 4.69) is 17.1 Å². The van der Waals surface area contributed by atoms with Crippen LogP contribution < -0.4 is 4.80 Å². The molecular weight excluding hydrogens is 451 g/mol. The molecule has 0 saturated carbocycles. The van der Waals surface area contributed by atoms with Crippen LogP contribution in [-0.4, -0.2) is 37.9 Å². The maximum atomic E-state index is 13.0. The summed E-state index contributed by atoms with van der Waals surface area (Å²) in [4.78, 5) is 17.4. The summed E-state index contributed by atoms with van der Waals surface area (Å²) in [5.41, 5.74) is 3.33. The van der Waals surface area contributed by atoms with Gasteiger partial charge in [0.2, 0.25) is 5.91 Å². The highest BCUT2D eigenvalue weighted by Crippen LogP contribution is 2.22. The molecule has 0 radical (unpaired) electrons. The second-order valence-electron chi connectivity index (χ2n) is 7.52. The largest absolute Gasteiger partial charge is 0.380 e. The standard InChI is InChI=1S/C23H27FN2O4S2/c1-4-30-12-11-26-20-14-16(2)17(3)15-21(20)31-23(26)25-22(27)6-5-13-32(28,29)19-9-7-18(24)8-10-19/h7-10,14-15H,4-6,11-13H2,1-3H3. The van der Waals surface area contributed by atoms with Crippen LogP contribution in [0.1, 0.15) is 30.9 Å². The zero-order valence-corrected chi connectivity index (χ0v) is 20.1. The summed E-state index contributed by atoms with van der Waals surface area (Å²) in [5.74, 6) is -1.07. The summed E-state index contributed by atoms with van der Waals surface area (Å²) >= 11 is 1.44. The minimum absolute atomic E-state index is 0.0121. The van der Waals surface area contributed by atoms with E-state index in [1.807, 2.05) is 25.3 Å². The van der Waals surface area contributed by atoms with Crippen LogP contribution in [-0.2, 0) is 25.9 Å². The first-order valence-corrected chi connectivity index (χ1v) is 12.9. The number of benzene rings is 2. The number of thiazole rings is 1. The maximum absolute atomic E-state index is 13.0. The number of carbonyl (C=O) groups excluding carboxylic acids is 1. The smallest absolute Gasteiger partial charge is 0.248 e. The molecule has 3 aromatic rings. The summed E-state index contributed by atoms with van der Waals surface area (Å²) in [6, 6.07) is 8.87. The Morgan fingerprint density at radius 1 is 1.16 bits per heavy atom. The highest BCUT2D eigenvalue weighted by Gasteiger charge is 2.15. The molecule has 1 heterocycles. The van der Waals surface area contributed by atoms with E-state index in [-0.39, 0.29) is 29.4 Å². The topological polar surface area (TPSA) is 77.7 Å².